The van der Waals surface area contributed by atoms with Crippen molar-refractivity contribution in [2.24, 2.45) is 0 Å². The molecular weight excluding hydrogens is 755 g/mol. The van der Waals surface area contributed by atoms with E-state index in [4.69, 9.17) is 0 Å². The van der Waals surface area contributed by atoms with E-state index in [-0.39, 0.29) is 0 Å². The molecular formula is C59H37NS. The molecule has 2 aliphatic rings. The van der Waals surface area contributed by atoms with Gasteiger partial charge in [0.1, 0.15) is 0 Å². The zero-order chi connectivity index (χ0) is 40.1. The van der Waals surface area contributed by atoms with Crippen LogP contribution in [-0.2, 0) is 5.41 Å². The molecule has 0 N–H and O–H groups in total. The highest BCUT2D eigenvalue weighted by molar-refractivity contribution is 7.26. The second-order valence-electron chi connectivity index (χ2n) is 16.3. The molecule has 11 aromatic rings. The van der Waals surface area contributed by atoms with Gasteiger partial charge < -0.3 is 4.90 Å². The summed E-state index contributed by atoms with van der Waals surface area (Å²) in [5.74, 6) is 0. The molecule has 0 saturated heterocycles. The highest BCUT2D eigenvalue weighted by Crippen LogP contribution is 2.65. The van der Waals surface area contributed by atoms with Gasteiger partial charge in [-0.2, -0.15) is 0 Å². The SMILES string of the molecule is c1ccc(-c2ccccc2N(c2cccc3c2-c2ccccc2C32c3ccccc3-c3ccccc32)c2cccc3sc4c5ccccc5c(-c5ccccc5)cc4c23)cc1. The molecule has 0 unspecified atom stereocenters. The van der Waals surface area contributed by atoms with Gasteiger partial charge in [-0.05, 0) is 91.4 Å². The van der Waals surface area contributed by atoms with Crippen molar-refractivity contribution in [2.45, 2.75) is 5.41 Å². The van der Waals surface area contributed by atoms with Gasteiger partial charge in [0.2, 0.25) is 0 Å². The fraction of sp³-hybridized carbons (Fsp3) is 0.0169. The summed E-state index contributed by atoms with van der Waals surface area (Å²) in [4.78, 5) is 2.59. The fourth-order valence-electron chi connectivity index (χ4n) is 10.9. The predicted molar refractivity (Wildman–Crippen MR) is 259 cm³/mol. The first-order valence-corrected chi connectivity index (χ1v) is 21.9. The van der Waals surface area contributed by atoms with Crippen LogP contribution in [0.25, 0.3) is 75.5 Å². The van der Waals surface area contributed by atoms with E-state index in [1.807, 2.05) is 11.3 Å². The minimum absolute atomic E-state index is 0.454. The molecule has 0 aliphatic heterocycles. The lowest BCUT2D eigenvalue weighted by Gasteiger charge is -2.32. The minimum atomic E-state index is -0.454. The highest BCUT2D eigenvalue weighted by atomic mass is 32.1. The molecule has 2 heteroatoms. The fourth-order valence-corrected chi connectivity index (χ4v) is 12.1. The Morgan fingerprint density at radius 3 is 1.52 bits per heavy atom. The van der Waals surface area contributed by atoms with Crippen LogP contribution in [0.3, 0.4) is 0 Å². The van der Waals surface area contributed by atoms with E-state index in [2.05, 4.69) is 229 Å². The number of benzene rings is 10. The Morgan fingerprint density at radius 2 is 0.820 bits per heavy atom. The average molecular weight is 792 g/mol. The Kier molecular flexibility index (Phi) is 7.46. The largest absolute Gasteiger partial charge is 0.309 e. The lowest BCUT2D eigenvalue weighted by atomic mass is 9.70. The van der Waals surface area contributed by atoms with E-state index < -0.39 is 5.41 Å². The molecule has 0 amide bonds. The Bertz CT molecular complexity index is 3500. The molecule has 0 saturated carbocycles. The van der Waals surface area contributed by atoms with Crippen LogP contribution < -0.4 is 4.90 Å². The summed E-state index contributed by atoms with van der Waals surface area (Å²) >= 11 is 1.90. The summed E-state index contributed by atoms with van der Waals surface area (Å²) in [6, 6.07) is 83.5. The third-order valence-electron chi connectivity index (χ3n) is 13.3. The van der Waals surface area contributed by atoms with E-state index >= 15 is 0 Å². The summed E-state index contributed by atoms with van der Waals surface area (Å²) < 4.78 is 2.59. The maximum absolute atomic E-state index is 2.59. The third-order valence-corrected chi connectivity index (χ3v) is 14.5. The Morgan fingerprint density at radius 1 is 0.328 bits per heavy atom. The van der Waals surface area contributed by atoms with Crippen molar-refractivity contribution in [1.82, 2.24) is 0 Å². The second kappa shape index (κ2) is 13.2. The van der Waals surface area contributed by atoms with Gasteiger partial charge >= 0.3 is 0 Å². The normalized spacial score (nSPS) is 13.0. The van der Waals surface area contributed by atoms with Crippen LogP contribution in [0.2, 0.25) is 0 Å². The second-order valence-corrected chi connectivity index (χ2v) is 17.3. The lowest BCUT2D eigenvalue weighted by molar-refractivity contribution is 0.794. The van der Waals surface area contributed by atoms with Crippen molar-refractivity contribution >= 4 is 59.3 Å². The van der Waals surface area contributed by atoms with Crippen LogP contribution >= 0.6 is 11.3 Å². The maximum Gasteiger partial charge on any atom is 0.0726 e. The predicted octanol–water partition coefficient (Wildman–Crippen LogP) is 16.4. The molecule has 0 bridgehead atoms. The Hall–Kier alpha value is -7.52. The molecule has 1 heterocycles. The molecule has 61 heavy (non-hydrogen) atoms. The van der Waals surface area contributed by atoms with E-state index in [1.165, 1.54) is 109 Å². The first kappa shape index (κ1) is 34.4. The van der Waals surface area contributed by atoms with Gasteiger partial charge in [-0.25, -0.2) is 0 Å². The summed E-state index contributed by atoms with van der Waals surface area (Å²) in [7, 11) is 0. The van der Waals surface area contributed by atoms with Gasteiger partial charge in [-0.15, -0.1) is 11.3 Å². The van der Waals surface area contributed by atoms with Crippen molar-refractivity contribution in [3.63, 3.8) is 0 Å². The van der Waals surface area contributed by atoms with E-state index in [0.29, 0.717) is 0 Å². The van der Waals surface area contributed by atoms with E-state index in [1.54, 1.807) is 0 Å². The van der Waals surface area contributed by atoms with Gasteiger partial charge in [0, 0.05) is 36.7 Å². The summed E-state index contributed by atoms with van der Waals surface area (Å²) in [5.41, 5.74) is 18.4. The molecule has 2 aliphatic carbocycles. The first-order chi connectivity index (χ1) is 30.3. The van der Waals surface area contributed by atoms with Crippen molar-refractivity contribution in [1.29, 1.82) is 0 Å². The van der Waals surface area contributed by atoms with Gasteiger partial charge in [-0.3, -0.25) is 0 Å². The number of rotatable bonds is 5. The van der Waals surface area contributed by atoms with Crippen molar-refractivity contribution in [3.8, 4) is 44.5 Å². The van der Waals surface area contributed by atoms with Crippen LogP contribution in [0, 0.1) is 0 Å². The molecule has 0 atom stereocenters. The standard InChI is InChI=1S/C59H37NS/c1-3-19-38(20-4-1)40-23-12-16-33-52(40)60(54-35-18-36-55-57(54)47-37-46(39-21-5-2-6-22-39)41-24-7-8-27-44(41)58(47)61-55)53-34-17-32-51-56(53)45-28-11-15-31-50(45)59(51)48-29-13-9-25-42(48)43-26-10-14-30-49(43)59/h1-37H. The van der Waals surface area contributed by atoms with Crippen LogP contribution in [0.4, 0.5) is 17.1 Å². The Balaban J connectivity index is 1.17. The van der Waals surface area contributed by atoms with Crippen molar-refractivity contribution in [3.05, 3.63) is 247 Å². The third kappa shape index (κ3) is 4.77. The van der Waals surface area contributed by atoms with E-state index in [9.17, 15) is 0 Å². The highest BCUT2D eigenvalue weighted by Gasteiger charge is 2.52. The number of nitrogens with zero attached hydrogens (tertiary/aromatic N) is 1. The quantitative estimate of drug-likeness (QED) is 0.168. The van der Waals surface area contributed by atoms with Crippen molar-refractivity contribution in [2.75, 3.05) is 4.90 Å². The molecule has 1 aromatic heterocycles. The maximum atomic E-state index is 2.59. The van der Waals surface area contributed by atoms with Crippen LogP contribution in [-0.4, -0.2) is 0 Å². The van der Waals surface area contributed by atoms with Crippen molar-refractivity contribution < 1.29 is 0 Å². The summed E-state index contributed by atoms with van der Waals surface area (Å²) in [5, 5.41) is 5.11. The smallest absolute Gasteiger partial charge is 0.0726 e. The number of anilines is 3. The topological polar surface area (TPSA) is 3.24 Å². The molecule has 284 valence electrons. The number of para-hydroxylation sites is 1. The molecule has 13 rings (SSSR count). The molecule has 10 aromatic carbocycles. The van der Waals surface area contributed by atoms with E-state index in [0.717, 1.165) is 5.69 Å². The number of hydrogen-bond donors (Lipinski definition) is 0. The first-order valence-electron chi connectivity index (χ1n) is 21.1. The van der Waals surface area contributed by atoms with Gasteiger partial charge in [-0.1, -0.05) is 194 Å². The zero-order valence-electron chi connectivity index (χ0n) is 33.2. The summed E-state index contributed by atoms with van der Waals surface area (Å²) in [6.07, 6.45) is 0. The monoisotopic (exact) mass is 791 g/mol. The van der Waals surface area contributed by atoms with Crippen LogP contribution in [0.15, 0.2) is 224 Å². The molecule has 1 nitrogen and oxygen atoms in total. The molecule has 0 radical (unpaired) electrons. The zero-order valence-corrected chi connectivity index (χ0v) is 34.0. The Labute approximate surface area is 359 Å². The van der Waals surface area contributed by atoms with Gasteiger partial charge in [0.25, 0.3) is 0 Å². The minimum Gasteiger partial charge on any atom is -0.309 e. The lowest BCUT2D eigenvalue weighted by Crippen LogP contribution is -2.26. The number of thiophene rings is 1. The number of fused-ring (bicyclic) bond motifs is 15. The average Bonchev–Trinajstić information content (AvgIpc) is 3.97. The molecule has 0 fully saturated rings. The summed E-state index contributed by atoms with van der Waals surface area (Å²) in [6.45, 7) is 0. The number of hydrogen-bond acceptors (Lipinski definition) is 2. The van der Waals surface area contributed by atoms with Crippen LogP contribution in [0.1, 0.15) is 22.3 Å². The van der Waals surface area contributed by atoms with Gasteiger partial charge in [0.05, 0.1) is 22.5 Å². The van der Waals surface area contributed by atoms with Gasteiger partial charge in [0.15, 0.2) is 0 Å². The molecule has 1 spiro atoms. The van der Waals surface area contributed by atoms with Crippen LogP contribution in [0.5, 0.6) is 0 Å².